The number of aromatic nitrogens is 1. The SMILES string of the molecule is CCNC(CC)c1ccc(OCc2cncc(F)c2)cc1. The highest BCUT2D eigenvalue weighted by atomic mass is 19.1. The molecule has 0 fully saturated rings. The van der Waals surface area contributed by atoms with Crippen molar-refractivity contribution in [2.45, 2.75) is 32.9 Å². The number of benzene rings is 1. The Hall–Kier alpha value is -1.94. The Balaban J connectivity index is 1.96. The fourth-order valence-corrected chi connectivity index (χ4v) is 2.24. The molecule has 21 heavy (non-hydrogen) atoms. The first-order valence-electron chi connectivity index (χ1n) is 7.28. The predicted octanol–water partition coefficient (Wildman–Crippen LogP) is 3.86. The summed E-state index contributed by atoms with van der Waals surface area (Å²) in [4.78, 5) is 3.80. The quantitative estimate of drug-likeness (QED) is 0.840. The molecule has 0 bridgehead atoms. The number of nitrogens with zero attached hydrogens (tertiary/aromatic N) is 1. The van der Waals surface area contributed by atoms with E-state index in [1.54, 1.807) is 6.20 Å². The van der Waals surface area contributed by atoms with E-state index in [-0.39, 0.29) is 5.82 Å². The van der Waals surface area contributed by atoms with Crippen LogP contribution in [0, 0.1) is 5.82 Å². The molecule has 0 aliphatic carbocycles. The number of nitrogens with one attached hydrogen (secondary N) is 1. The molecule has 0 radical (unpaired) electrons. The van der Waals surface area contributed by atoms with Crippen LogP contribution in [0.1, 0.15) is 37.4 Å². The van der Waals surface area contributed by atoms with Crippen LogP contribution in [0.4, 0.5) is 4.39 Å². The van der Waals surface area contributed by atoms with Gasteiger partial charge < -0.3 is 10.1 Å². The fourth-order valence-electron chi connectivity index (χ4n) is 2.24. The molecule has 2 aromatic rings. The molecule has 1 unspecified atom stereocenters. The van der Waals surface area contributed by atoms with E-state index in [1.807, 2.05) is 12.1 Å². The maximum atomic E-state index is 13.0. The third-order valence-electron chi connectivity index (χ3n) is 3.31. The zero-order chi connectivity index (χ0) is 15.1. The van der Waals surface area contributed by atoms with Crippen molar-refractivity contribution in [3.63, 3.8) is 0 Å². The zero-order valence-electron chi connectivity index (χ0n) is 12.5. The van der Waals surface area contributed by atoms with Crippen LogP contribution >= 0.6 is 0 Å². The summed E-state index contributed by atoms with van der Waals surface area (Å²) in [6.45, 7) is 5.53. The van der Waals surface area contributed by atoms with E-state index in [2.05, 4.69) is 36.3 Å². The molecule has 1 heterocycles. The number of ether oxygens (including phenoxy) is 1. The van der Waals surface area contributed by atoms with Crippen LogP contribution in [0.15, 0.2) is 42.7 Å². The van der Waals surface area contributed by atoms with Crippen LogP contribution < -0.4 is 10.1 Å². The van der Waals surface area contributed by atoms with E-state index in [9.17, 15) is 4.39 Å². The second-order valence-electron chi connectivity index (χ2n) is 4.89. The van der Waals surface area contributed by atoms with Crippen LogP contribution in [0.2, 0.25) is 0 Å². The number of rotatable bonds is 7. The monoisotopic (exact) mass is 288 g/mol. The molecule has 0 saturated carbocycles. The second kappa shape index (κ2) is 7.74. The number of hydrogen-bond donors (Lipinski definition) is 1. The van der Waals surface area contributed by atoms with Gasteiger partial charge in [0.2, 0.25) is 0 Å². The van der Waals surface area contributed by atoms with Gasteiger partial charge in [0, 0.05) is 17.8 Å². The van der Waals surface area contributed by atoms with Gasteiger partial charge in [-0.1, -0.05) is 26.0 Å². The summed E-state index contributed by atoms with van der Waals surface area (Å²) in [6.07, 6.45) is 3.84. The van der Waals surface area contributed by atoms with E-state index >= 15 is 0 Å². The minimum atomic E-state index is -0.345. The van der Waals surface area contributed by atoms with Crippen molar-refractivity contribution in [1.29, 1.82) is 0 Å². The summed E-state index contributed by atoms with van der Waals surface area (Å²) >= 11 is 0. The number of hydrogen-bond acceptors (Lipinski definition) is 3. The standard InChI is InChI=1S/C17H21FN2O/c1-3-17(20-4-2)14-5-7-16(8-6-14)21-12-13-9-15(18)11-19-10-13/h5-11,17,20H,3-4,12H2,1-2H3. The van der Waals surface area contributed by atoms with Crippen molar-refractivity contribution in [3.05, 3.63) is 59.7 Å². The summed E-state index contributed by atoms with van der Waals surface area (Å²) < 4.78 is 18.7. The van der Waals surface area contributed by atoms with Crippen molar-refractivity contribution < 1.29 is 9.13 Å². The van der Waals surface area contributed by atoms with Gasteiger partial charge in [0.25, 0.3) is 0 Å². The topological polar surface area (TPSA) is 34.1 Å². The third kappa shape index (κ3) is 4.53. The number of pyridine rings is 1. The highest BCUT2D eigenvalue weighted by Gasteiger charge is 2.07. The van der Waals surface area contributed by atoms with Gasteiger partial charge in [-0.15, -0.1) is 0 Å². The summed E-state index contributed by atoms with van der Waals surface area (Å²) in [5, 5.41) is 3.44. The molecule has 0 aliphatic heterocycles. The first kappa shape index (κ1) is 15.4. The lowest BCUT2D eigenvalue weighted by molar-refractivity contribution is 0.305. The molecule has 0 amide bonds. The van der Waals surface area contributed by atoms with Crippen LogP contribution in [-0.2, 0) is 6.61 Å². The fraction of sp³-hybridized carbons (Fsp3) is 0.353. The highest BCUT2D eigenvalue weighted by Crippen LogP contribution is 2.20. The van der Waals surface area contributed by atoms with Crippen molar-refractivity contribution in [2.24, 2.45) is 0 Å². The van der Waals surface area contributed by atoms with E-state index < -0.39 is 0 Å². The Morgan fingerprint density at radius 2 is 1.95 bits per heavy atom. The van der Waals surface area contributed by atoms with Crippen LogP contribution in [-0.4, -0.2) is 11.5 Å². The van der Waals surface area contributed by atoms with E-state index in [0.717, 1.165) is 24.3 Å². The molecule has 2 rings (SSSR count). The zero-order valence-corrected chi connectivity index (χ0v) is 12.5. The molecular formula is C17H21FN2O. The van der Waals surface area contributed by atoms with Gasteiger partial charge in [-0.2, -0.15) is 0 Å². The van der Waals surface area contributed by atoms with Gasteiger partial charge in [0.15, 0.2) is 0 Å². The molecule has 1 aromatic carbocycles. The lowest BCUT2D eigenvalue weighted by Gasteiger charge is -2.16. The van der Waals surface area contributed by atoms with E-state index in [0.29, 0.717) is 12.6 Å². The summed E-state index contributed by atoms with van der Waals surface area (Å²) in [5.41, 5.74) is 1.97. The average molecular weight is 288 g/mol. The summed E-state index contributed by atoms with van der Waals surface area (Å²) in [6, 6.07) is 9.83. The average Bonchev–Trinajstić information content (AvgIpc) is 2.51. The second-order valence-corrected chi connectivity index (χ2v) is 4.89. The Labute approximate surface area is 125 Å². The van der Waals surface area contributed by atoms with Crippen molar-refractivity contribution >= 4 is 0 Å². The van der Waals surface area contributed by atoms with Gasteiger partial charge in [-0.3, -0.25) is 4.98 Å². The maximum absolute atomic E-state index is 13.0. The molecule has 0 spiro atoms. The van der Waals surface area contributed by atoms with Crippen molar-refractivity contribution in [2.75, 3.05) is 6.54 Å². The Morgan fingerprint density at radius 3 is 2.57 bits per heavy atom. The normalized spacial score (nSPS) is 12.1. The molecule has 0 saturated heterocycles. The third-order valence-corrected chi connectivity index (χ3v) is 3.31. The van der Waals surface area contributed by atoms with Crippen LogP contribution in [0.3, 0.4) is 0 Å². The van der Waals surface area contributed by atoms with Gasteiger partial charge >= 0.3 is 0 Å². The molecule has 0 aliphatic rings. The van der Waals surface area contributed by atoms with Gasteiger partial charge in [-0.25, -0.2) is 4.39 Å². The Kier molecular flexibility index (Phi) is 5.69. The van der Waals surface area contributed by atoms with Gasteiger partial charge in [0.05, 0.1) is 6.20 Å². The number of halogens is 1. The lowest BCUT2D eigenvalue weighted by atomic mass is 10.0. The molecule has 4 heteroatoms. The highest BCUT2D eigenvalue weighted by molar-refractivity contribution is 5.29. The Bertz CT molecular complexity index is 557. The first-order valence-corrected chi connectivity index (χ1v) is 7.28. The van der Waals surface area contributed by atoms with Gasteiger partial charge in [-0.05, 0) is 36.7 Å². The van der Waals surface area contributed by atoms with Crippen LogP contribution in [0.25, 0.3) is 0 Å². The minimum absolute atomic E-state index is 0.314. The largest absolute Gasteiger partial charge is 0.489 e. The van der Waals surface area contributed by atoms with Crippen molar-refractivity contribution in [3.8, 4) is 5.75 Å². The molecule has 1 aromatic heterocycles. The van der Waals surface area contributed by atoms with E-state index in [1.165, 1.54) is 17.8 Å². The molecule has 112 valence electrons. The lowest BCUT2D eigenvalue weighted by Crippen LogP contribution is -2.19. The summed E-state index contributed by atoms with van der Waals surface area (Å²) in [7, 11) is 0. The van der Waals surface area contributed by atoms with Crippen molar-refractivity contribution in [1.82, 2.24) is 10.3 Å². The molecule has 1 atom stereocenters. The van der Waals surface area contributed by atoms with Gasteiger partial charge in [0.1, 0.15) is 18.2 Å². The molecule has 1 N–H and O–H groups in total. The summed E-state index contributed by atoms with van der Waals surface area (Å²) in [5.74, 6) is 0.428. The first-order chi connectivity index (χ1) is 10.2. The molecule has 3 nitrogen and oxygen atoms in total. The Morgan fingerprint density at radius 1 is 1.19 bits per heavy atom. The minimum Gasteiger partial charge on any atom is -0.489 e. The predicted molar refractivity (Wildman–Crippen MR) is 81.7 cm³/mol. The molecular weight excluding hydrogens is 267 g/mol. The smallest absolute Gasteiger partial charge is 0.141 e. The van der Waals surface area contributed by atoms with Crippen LogP contribution in [0.5, 0.6) is 5.75 Å². The van der Waals surface area contributed by atoms with E-state index in [4.69, 9.17) is 4.74 Å². The maximum Gasteiger partial charge on any atom is 0.141 e.